The topological polar surface area (TPSA) is 65.1 Å². The molecule has 1 N–H and O–H groups in total. The van der Waals surface area contributed by atoms with Gasteiger partial charge in [0.25, 0.3) is 0 Å². The average molecular weight is 262 g/mol. The molecule has 1 saturated heterocycles. The second kappa shape index (κ2) is 5.54. The van der Waals surface area contributed by atoms with Crippen LogP contribution in [0.1, 0.15) is 30.4 Å². The van der Waals surface area contributed by atoms with E-state index in [0.717, 1.165) is 37.6 Å². The maximum Gasteiger partial charge on any atom is 0.214 e. The van der Waals surface area contributed by atoms with E-state index in [1.165, 1.54) is 0 Å². The maximum absolute atomic E-state index is 5.75. The van der Waals surface area contributed by atoms with Crippen LogP contribution in [0, 0.1) is 0 Å². The third kappa shape index (κ3) is 2.69. The first kappa shape index (κ1) is 12.4. The van der Waals surface area contributed by atoms with Crippen molar-refractivity contribution in [3.63, 3.8) is 0 Å². The van der Waals surface area contributed by atoms with Crippen LogP contribution in [0.25, 0.3) is 0 Å². The molecule has 1 atom stereocenters. The van der Waals surface area contributed by atoms with E-state index in [4.69, 9.17) is 9.15 Å². The number of rotatable bonds is 4. The number of aromatic nitrogens is 3. The number of hydrogen-bond acceptors (Lipinski definition) is 5. The molecule has 19 heavy (non-hydrogen) atoms. The molecule has 0 bridgehead atoms. The molecule has 1 aliphatic rings. The van der Waals surface area contributed by atoms with E-state index in [-0.39, 0.29) is 6.10 Å². The molecule has 1 fully saturated rings. The summed E-state index contributed by atoms with van der Waals surface area (Å²) in [4.78, 5) is 8.48. The van der Waals surface area contributed by atoms with Crippen molar-refractivity contribution in [1.82, 2.24) is 19.9 Å². The van der Waals surface area contributed by atoms with Crippen molar-refractivity contribution in [3.8, 4) is 0 Å². The first-order chi connectivity index (χ1) is 9.36. The summed E-state index contributed by atoms with van der Waals surface area (Å²) >= 11 is 0. The van der Waals surface area contributed by atoms with Crippen molar-refractivity contribution in [2.45, 2.75) is 26.0 Å². The first-order valence-electron chi connectivity index (χ1n) is 6.62. The lowest BCUT2D eigenvalue weighted by Gasteiger charge is -2.24. The Labute approximate surface area is 111 Å². The molecular weight excluding hydrogens is 244 g/mol. The van der Waals surface area contributed by atoms with Gasteiger partial charge in [0.15, 0.2) is 0 Å². The highest BCUT2D eigenvalue weighted by Gasteiger charge is 2.20. The number of nitrogens with one attached hydrogen (secondary N) is 1. The predicted octanol–water partition coefficient (Wildman–Crippen LogP) is 1.14. The Hall–Kier alpha value is -1.66. The summed E-state index contributed by atoms with van der Waals surface area (Å²) in [5.41, 5.74) is 1.06. The summed E-state index contributed by atoms with van der Waals surface area (Å²) in [6, 6.07) is 0. The van der Waals surface area contributed by atoms with E-state index in [2.05, 4.69) is 22.2 Å². The molecule has 3 heterocycles. The highest BCUT2D eigenvalue weighted by atomic mass is 16.5. The van der Waals surface area contributed by atoms with Gasteiger partial charge in [0, 0.05) is 19.5 Å². The SMILES string of the molecule is CCc1cnc(Cn2cncc2C2CNCCO2)o1. The maximum atomic E-state index is 5.75. The minimum absolute atomic E-state index is 0.0526. The zero-order chi connectivity index (χ0) is 13.1. The lowest BCUT2D eigenvalue weighted by atomic mass is 10.2. The molecule has 102 valence electrons. The van der Waals surface area contributed by atoms with Crippen LogP contribution < -0.4 is 5.32 Å². The molecule has 1 aliphatic heterocycles. The van der Waals surface area contributed by atoms with E-state index in [1.807, 2.05) is 10.8 Å². The largest absolute Gasteiger partial charge is 0.444 e. The molecule has 3 rings (SSSR count). The van der Waals surface area contributed by atoms with Crippen molar-refractivity contribution in [2.24, 2.45) is 0 Å². The normalized spacial score (nSPS) is 19.7. The molecule has 6 nitrogen and oxygen atoms in total. The summed E-state index contributed by atoms with van der Waals surface area (Å²) < 4.78 is 13.4. The summed E-state index contributed by atoms with van der Waals surface area (Å²) in [7, 11) is 0. The summed E-state index contributed by atoms with van der Waals surface area (Å²) in [6.07, 6.45) is 6.34. The quantitative estimate of drug-likeness (QED) is 0.895. The van der Waals surface area contributed by atoms with Gasteiger partial charge in [-0.15, -0.1) is 0 Å². The van der Waals surface area contributed by atoms with Crippen LogP contribution in [0.3, 0.4) is 0 Å². The van der Waals surface area contributed by atoms with Crippen LogP contribution in [0.15, 0.2) is 23.1 Å². The fourth-order valence-electron chi connectivity index (χ4n) is 2.22. The smallest absolute Gasteiger partial charge is 0.214 e. The number of imidazole rings is 1. The van der Waals surface area contributed by atoms with Crippen LogP contribution >= 0.6 is 0 Å². The van der Waals surface area contributed by atoms with E-state index < -0.39 is 0 Å². The Bertz CT molecular complexity index is 528. The third-order valence-corrected chi connectivity index (χ3v) is 3.26. The van der Waals surface area contributed by atoms with Crippen molar-refractivity contribution < 1.29 is 9.15 Å². The van der Waals surface area contributed by atoms with Crippen LogP contribution in [-0.4, -0.2) is 34.2 Å². The zero-order valence-corrected chi connectivity index (χ0v) is 11.0. The molecule has 0 aromatic carbocycles. The van der Waals surface area contributed by atoms with Gasteiger partial charge in [-0.25, -0.2) is 9.97 Å². The van der Waals surface area contributed by atoms with E-state index in [1.54, 1.807) is 12.5 Å². The molecule has 0 spiro atoms. The number of oxazole rings is 1. The van der Waals surface area contributed by atoms with Crippen molar-refractivity contribution in [1.29, 1.82) is 0 Å². The molecule has 1 unspecified atom stereocenters. The molecular formula is C13H18N4O2. The van der Waals surface area contributed by atoms with Gasteiger partial charge in [-0.2, -0.15) is 0 Å². The van der Waals surface area contributed by atoms with Crippen molar-refractivity contribution >= 4 is 0 Å². The van der Waals surface area contributed by atoms with Gasteiger partial charge < -0.3 is 19.0 Å². The van der Waals surface area contributed by atoms with Gasteiger partial charge in [0.1, 0.15) is 18.4 Å². The van der Waals surface area contributed by atoms with Crippen LogP contribution in [0.4, 0.5) is 0 Å². The molecule has 6 heteroatoms. The van der Waals surface area contributed by atoms with E-state index in [0.29, 0.717) is 12.4 Å². The van der Waals surface area contributed by atoms with Gasteiger partial charge in [0.05, 0.1) is 31.0 Å². The average Bonchev–Trinajstić information content (AvgIpc) is 3.09. The molecule has 2 aromatic rings. The Morgan fingerprint density at radius 3 is 3.16 bits per heavy atom. The lowest BCUT2D eigenvalue weighted by molar-refractivity contribution is 0.0229. The van der Waals surface area contributed by atoms with Crippen molar-refractivity contribution in [3.05, 3.63) is 36.1 Å². The lowest BCUT2D eigenvalue weighted by Crippen LogP contribution is -2.34. The number of nitrogens with zero attached hydrogens (tertiary/aromatic N) is 3. The molecule has 2 aromatic heterocycles. The van der Waals surface area contributed by atoms with E-state index in [9.17, 15) is 0 Å². The van der Waals surface area contributed by atoms with Crippen LogP contribution in [0.5, 0.6) is 0 Å². The van der Waals surface area contributed by atoms with Gasteiger partial charge >= 0.3 is 0 Å². The Morgan fingerprint density at radius 1 is 1.47 bits per heavy atom. The molecule has 0 saturated carbocycles. The fraction of sp³-hybridized carbons (Fsp3) is 0.538. The third-order valence-electron chi connectivity index (χ3n) is 3.26. The number of morpholine rings is 1. The minimum Gasteiger partial charge on any atom is -0.444 e. The van der Waals surface area contributed by atoms with Crippen LogP contribution in [0.2, 0.25) is 0 Å². The number of aryl methyl sites for hydroxylation is 1. The fourth-order valence-corrected chi connectivity index (χ4v) is 2.22. The van der Waals surface area contributed by atoms with Gasteiger partial charge in [-0.05, 0) is 0 Å². The Balaban J connectivity index is 1.75. The standard InChI is InChI=1S/C13H18N4O2/c1-2-10-5-16-13(19-10)8-17-9-15-6-11(17)12-7-14-3-4-18-12/h5-6,9,12,14H,2-4,7-8H2,1H3. The number of hydrogen-bond donors (Lipinski definition) is 1. The van der Waals surface area contributed by atoms with Gasteiger partial charge in [-0.3, -0.25) is 0 Å². The second-order valence-corrected chi connectivity index (χ2v) is 4.58. The minimum atomic E-state index is 0.0526. The van der Waals surface area contributed by atoms with Gasteiger partial charge in [0.2, 0.25) is 5.89 Å². The molecule has 0 radical (unpaired) electrons. The summed E-state index contributed by atoms with van der Waals surface area (Å²) in [5.74, 6) is 1.62. The highest BCUT2D eigenvalue weighted by molar-refractivity contribution is 5.06. The first-order valence-corrected chi connectivity index (χ1v) is 6.62. The van der Waals surface area contributed by atoms with Crippen molar-refractivity contribution in [2.75, 3.05) is 19.7 Å². The molecule has 0 amide bonds. The molecule has 0 aliphatic carbocycles. The van der Waals surface area contributed by atoms with Crippen LogP contribution in [-0.2, 0) is 17.7 Å². The summed E-state index contributed by atoms with van der Waals surface area (Å²) in [5, 5.41) is 3.32. The van der Waals surface area contributed by atoms with E-state index >= 15 is 0 Å². The monoisotopic (exact) mass is 262 g/mol. The second-order valence-electron chi connectivity index (χ2n) is 4.58. The Morgan fingerprint density at radius 2 is 2.42 bits per heavy atom. The highest BCUT2D eigenvalue weighted by Crippen LogP contribution is 2.19. The predicted molar refractivity (Wildman–Crippen MR) is 68.8 cm³/mol. The Kier molecular flexibility index (Phi) is 3.61. The zero-order valence-electron chi connectivity index (χ0n) is 11.0. The van der Waals surface area contributed by atoms with Gasteiger partial charge in [-0.1, -0.05) is 6.92 Å². The number of ether oxygens (including phenoxy) is 1. The summed E-state index contributed by atoms with van der Waals surface area (Å²) in [6.45, 7) is 5.10.